The number of nitrogens with one attached hydrogen (secondary N) is 1. The van der Waals surface area contributed by atoms with Gasteiger partial charge in [-0.1, -0.05) is 30.3 Å². The van der Waals surface area contributed by atoms with E-state index < -0.39 is 24.1 Å². The zero-order chi connectivity index (χ0) is 18.4. The van der Waals surface area contributed by atoms with Gasteiger partial charge in [0.15, 0.2) is 0 Å². The Labute approximate surface area is 141 Å². The number of ether oxygens (including phenoxy) is 1. The van der Waals surface area contributed by atoms with Gasteiger partial charge in [-0.05, 0) is 29.8 Å². The SMILES string of the molecule is O=C(O)C(Cc1cccc(Oc2ccccc2)c1)NC(=O)C(F)(F)F. The highest BCUT2D eigenvalue weighted by Gasteiger charge is 2.40. The van der Waals surface area contributed by atoms with Crippen molar-refractivity contribution in [3.8, 4) is 11.5 Å². The number of aliphatic carboxylic acids is 1. The zero-order valence-electron chi connectivity index (χ0n) is 12.8. The average molecular weight is 353 g/mol. The van der Waals surface area contributed by atoms with E-state index in [9.17, 15) is 22.8 Å². The first-order valence-electron chi connectivity index (χ1n) is 7.18. The number of para-hydroxylation sites is 1. The third-order valence-corrected chi connectivity index (χ3v) is 3.18. The summed E-state index contributed by atoms with van der Waals surface area (Å²) in [6.45, 7) is 0. The van der Waals surface area contributed by atoms with Crippen molar-refractivity contribution in [2.24, 2.45) is 0 Å². The number of alkyl halides is 3. The average Bonchev–Trinajstić information content (AvgIpc) is 2.54. The summed E-state index contributed by atoms with van der Waals surface area (Å²) in [7, 11) is 0. The molecule has 1 atom stereocenters. The smallest absolute Gasteiger partial charge is 0.471 e. The molecule has 5 nitrogen and oxygen atoms in total. The maximum atomic E-state index is 12.3. The number of hydrogen-bond donors (Lipinski definition) is 2. The van der Waals surface area contributed by atoms with Crippen LogP contribution in [0.4, 0.5) is 13.2 Å². The van der Waals surface area contributed by atoms with Gasteiger partial charge in [-0.2, -0.15) is 13.2 Å². The third-order valence-electron chi connectivity index (χ3n) is 3.18. The first kappa shape index (κ1) is 18.3. The Morgan fingerprint density at radius 1 is 1.04 bits per heavy atom. The third kappa shape index (κ3) is 5.52. The van der Waals surface area contributed by atoms with Crippen molar-refractivity contribution in [3.63, 3.8) is 0 Å². The number of carboxylic acid groups (broad SMARTS) is 1. The van der Waals surface area contributed by atoms with Gasteiger partial charge in [0.05, 0.1) is 0 Å². The molecule has 8 heteroatoms. The predicted octanol–water partition coefficient (Wildman–Crippen LogP) is 3.15. The highest BCUT2D eigenvalue weighted by molar-refractivity contribution is 5.87. The van der Waals surface area contributed by atoms with Crippen LogP contribution in [-0.4, -0.2) is 29.2 Å². The summed E-state index contributed by atoms with van der Waals surface area (Å²) >= 11 is 0. The summed E-state index contributed by atoms with van der Waals surface area (Å²) in [5.41, 5.74) is 0.406. The summed E-state index contributed by atoms with van der Waals surface area (Å²) in [5.74, 6) is -2.90. The maximum Gasteiger partial charge on any atom is 0.471 e. The lowest BCUT2D eigenvalue weighted by Gasteiger charge is -2.16. The van der Waals surface area contributed by atoms with Gasteiger partial charge in [0.1, 0.15) is 17.5 Å². The van der Waals surface area contributed by atoms with Crippen LogP contribution in [0.15, 0.2) is 54.6 Å². The van der Waals surface area contributed by atoms with E-state index in [2.05, 4.69) is 0 Å². The van der Waals surface area contributed by atoms with Crippen LogP contribution in [0.5, 0.6) is 11.5 Å². The normalized spacial score (nSPS) is 12.3. The second kappa shape index (κ2) is 7.69. The number of amides is 1. The van der Waals surface area contributed by atoms with E-state index in [-0.39, 0.29) is 6.42 Å². The molecule has 2 rings (SSSR count). The molecule has 0 aliphatic heterocycles. The topological polar surface area (TPSA) is 75.6 Å². The molecule has 132 valence electrons. The van der Waals surface area contributed by atoms with E-state index in [1.54, 1.807) is 36.4 Å². The molecule has 0 aromatic heterocycles. The van der Waals surface area contributed by atoms with E-state index in [4.69, 9.17) is 9.84 Å². The molecule has 25 heavy (non-hydrogen) atoms. The molecule has 0 spiro atoms. The fourth-order valence-electron chi connectivity index (χ4n) is 2.04. The fraction of sp³-hybridized carbons (Fsp3) is 0.176. The Morgan fingerprint density at radius 2 is 1.68 bits per heavy atom. The lowest BCUT2D eigenvalue weighted by atomic mass is 10.1. The van der Waals surface area contributed by atoms with E-state index in [1.165, 1.54) is 17.4 Å². The number of benzene rings is 2. The van der Waals surface area contributed by atoms with Crippen molar-refractivity contribution in [1.82, 2.24) is 5.32 Å². The van der Waals surface area contributed by atoms with Crippen LogP contribution in [0, 0.1) is 0 Å². The lowest BCUT2D eigenvalue weighted by molar-refractivity contribution is -0.175. The lowest BCUT2D eigenvalue weighted by Crippen LogP contribution is -2.47. The summed E-state index contributed by atoms with van der Waals surface area (Å²) in [4.78, 5) is 22.1. The molecule has 0 aliphatic rings. The van der Waals surface area contributed by atoms with Crippen molar-refractivity contribution in [2.45, 2.75) is 18.6 Å². The molecule has 1 unspecified atom stereocenters. The van der Waals surface area contributed by atoms with Gasteiger partial charge in [0, 0.05) is 6.42 Å². The van der Waals surface area contributed by atoms with E-state index in [0.29, 0.717) is 17.1 Å². The Kier molecular flexibility index (Phi) is 5.63. The minimum absolute atomic E-state index is 0.316. The summed E-state index contributed by atoms with van der Waals surface area (Å²) in [6, 6.07) is 13.3. The maximum absolute atomic E-state index is 12.3. The molecule has 0 aliphatic carbocycles. The summed E-state index contributed by atoms with van der Waals surface area (Å²) < 4.78 is 42.5. The van der Waals surface area contributed by atoms with Crippen LogP contribution >= 0.6 is 0 Å². The molecule has 0 saturated heterocycles. The quantitative estimate of drug-likeness (QED) is 0.837. The van der Waals surface area contributed by atoms with Gasteiger partial charge in [-0.15, -0.1) is 0 Å². The highest BCUT2D eigenvalue weighted by atomic mass is 19.4. The Bertz CT molecular complexity index is 747. The van der Waals surface area contributed by atoms with Crippen molar-refractivity contribution in [1.29, 1.82) is 0 Å². The van der Waals surface area contributed by atoms with Crippen molar-refractivity contribution >= 4 is 11.9 Å². The number of hydrogen-bond acceptors (Lipinski definition) is 3. The van der Waals surface area contributed by atoms with Crippen LogP contribution in [0.1, 0.15) is 5.56 Å². The zero-order valence-corrected chi connectivity index (χ0v) is 12.8. The number of carbonyl (C=O) groups is 2. The van der Waals surface area contributed by atoms with Crippen molar-refractivity contribution in [3.05, 3.63) is 60.2 Å². The number of carbonyl (C=O) groups excluding carboxylic acids is 1. The van der Waals surface area contributed by atoms with Gasteiger partial charge in [0.2, 0.25) is 0 Å². The molecular weight excluding hydrogens is 339 g/mol. The highest BCUT2D eigenvalue weighted by Crippen LogP contribution is 2.22. The van der Waals surface area contributed by atoms with E-state index in [0.717, 1.165) is 0 Å². The van der Waals surface area contributed by atoms with Crippen LogP contribution in [0.25, 0.3) is 0 Å². The van der Waals surface area contributed by atoms with Gasteiger partial charge < -0.3 is 15.2 Å². The minimum atomic E-state index is -5.15. The van der Waals surface area contributed by atoms with Crippen LogP contribution in [0.3, 0.4) is 0 Å². The Balaban J connectivity index is 2.10. The second-order valence-corrected chi connectivity index (χ2v) is 5.13. The number of rotatable bonds is 6. The molecule has 0 fully saturated rings. The van der Waals surface area contributed by atoms with Crippen LogP contribution < -0.4 is 10.1 Å². The van der Waals surface area contributed by atoms with Gasteiger partial charge >= 0.3 is 18.1 Å². The predicted molar refractivity (Wildman–Crippen MR) is 82.3 cm³/mol. The fourth-order valence-corrected chi connectivity index (χ4v) is 2.04. The van der Waals surface area contributed by atoms with E-state index >= 15 is 0 Å². The van der Waals surface area contributed by atoms with Gasteiger partial charge in [-0.3, -0.25) is 4.79 Å². The molecule has 0 bridgehead atoms. The van der Waals surface area contributed by atoms with Crippen molar-refractivity contribution < 1.29 is 32.6 Å². The molecule has 2 N–H and O–H groups in total. The molecule has 0 heterocycles. The van der Waals surface area contributed by atoms with Crippen molar-refractivity contribution in [2.75, 3.05) is 0 Å². The summed E-state index contributed by atoms with van der Waals surface area (Å²) in [6.07, 6.45) is -5.46. The second-order valence-electron chi connectivity index (χ2n) is 5.13. The molecule has 0 saturated carbocycles. The number of halogens is 3. The first-order chi connectivity index (χ1) is 11.8. The largest absolute Gasteiger partial charge is 0.480 e. The van der Waals surface area contributed by atoms with Gasteiger partial charge in [0.25, 0.3) is 0 Å². The van der Waals surface area contributed by atoms with Crippen LogP contribution in [-0.2, 0) is 16.0 Å². The summed E-state index contributed by atoms with van der Waals surface area (Å²) in [5, 5.41) is 10.5. The van der Waals surface area contributed by atoms with E-state index in [1.807, 2.05) is 6.07 Å². The molecule has 2 aromatic rings. The molecular formula is C17H14F3NO4. The first-order valence-corrected chi connectivity index (χ1v) is 7.18. The van der Waals surface area contributed by atoms with Crippen LogP contribution in [0.2, 0.25) is 0 Å². The Morgan fingerprint density at radius 3 is 2.28 bits per heavy atom. The Hall–Kier alpha value is -3.03. The monoisotopic (exact) mass is 353 g/mol. The number of carboxylic acids is 1. The molecule has 2 aromatic carbocycles. The molecule has 1 amide bonds. The van der Waals surface area contributed by atoms with Gasteiger partial charge in [-0.25, -0.2) is 4.79 Å². The minimum Gasteiger partial charge on any atom is -0.480 e. The standard InChI is InChI=1S/C17H14F3NO4/c18-17(19,20)16(24)21-14(15(22)23)10-11-5-4-8-13(9-11)25-12-6-2-1-3-7-12/h1-9,14H,10H2,(H,21,24)(H,22,23). The molecule has 0 radical (unpaired) electrons.